The summed E-state index contributed by atoms with van der Waals surface area (Å²) < 4.78 is 4.86. The molecule has 5 nitrogen and oxygen atoms in total. The highest BCUT2D eigenvalue weighted by Gasteiger charge is 2.40. The van der Waals surface area contributed by atoms with Crippen LogP contribution in [0.4, 0.5) is 5.88 Å². The highest BCUT2D eigenvalue weighted by Crippen LogP contribution is 2.30. The topological polar surface area (TPSA) is 81.2 Å². The van der Waals surface area contributed by atoms with Crippen LogP contribution in [0.5, 0.6) is 0 Å². The number of rotatable bonds is 2. The van der Waals surface area contributed by atoms with Crippen molar-refractivity contribution in [2.24, 2.45) is 5.73 Å². The van der Waals surface area contributed by atoms with Crippen molar-refractivity contribution in [3.8, 4) is 0 Å². The predicted octanol–water partition coefficient (Wildman–Crippen LogP) is 0.803. The monoisotopic (exact) mass is 195 g/mol. The summed E-state index contributed by atoms with van der Waals surface area (Å²) in [5.74, 6) is 0.184. The van der Waals surface area contributed by atoms with Crippen LogP contribution in [-0.2, 0) is 4.79 Å². The Bertz CT molecular complexity index is 355. The van der Waals surface area contributed by atoms with Gasteiger partial charge in [0.25, 0.3) is 0 Å². The largest absolute Gasteiger partial charge is 0.338 e. The zero-order valence-electron chi connectivity index (χ0n) is 8.04. The van der Waals surface area contributed by atoms with Gasteiger partial charge >= 0.3 is 0 Å². The molecule has 1 aromatic rings. The summed E-state index contributed by atoms with van der Waals surface area (Å²) >= 11 is 0. The van der Waals surface area contributed by atoms with E-state index in [0.29, 0.717) is 5.88 Å². The molecule has 1 aromatic heterocycles. The lowest BCUT2D eigenvalue weighted by atomic mass is 9.77. The molecule has 2 rings (SSSR count). The van der Waals surface area contributed by atoms with E-state index in [1.165, 1.54) is 0 Å². The van der Waals surface area contributed by atoms with Crippen molar-refractivity contribution in [3.05, 3.63) is 11.8 Å². The van der Waals surface area contributed by atoms with Crippen molar-refractivity contribution in [2.45, 2.75) is 31.7 Å². The third-order valence-corrected chi connectivity index (χ3v) is 2.56. The van der Waals surface area contributed by atoms with Crippen molar-refractivity contribution in [3.63, 3.8) is 0 Å². The van der Waals surface area contributed by atoms with Gasteiger partial charge in [-0.15, -0.1) is 0 Å². The number of aromatic nitrogens is 1. The summed E-state index contributed by atoms with van der Waals surface area (Å²) in [4.78, 5) is 11.6. The molecule has 1 heterocycles. The first kappa shape index (κ1) is 9.21. The molecule has 0 atom stereocenters. The molecule has 1 saturated carbocycles. The molecular formula is C9H13N3O2. The van der Waals surface area contributed by atoms with E-state index in [-0.39, 0.29) is 5.91 Å². The van der Waals surface area contributed by atoms with E-state index in [4.69, 9.17) is 10.3 Å². The molecule has 0 spiro atoms. The Kier molecular flexibility index (Phi) is 2.03. The van der Waals surface area contributed by atoms with Gasteiger partial charge in [-0.1, -0.05) is 5.16 Å². The first-order valence-corrected chi connectivity index (χ1v) is 4.64. The number of nitrogens with zero attached hydrogens (tertiary/aromatic N) is 1. The van der Waals surface area contributed by atoms with Gasteiger partial charge in [0.1, 0.15) is 0 Å². The van der Waals surface area contributed by atoms with Crippen LogP contribution in [-0.4, -0.2) is 16.6 Å². The van der Waals surface area contributed by atoms with Crippen LogP contribution in [0.1, 0.15) is 25.0 Å². The first-order valence-electron chi connectivity index (χ1n) is 4.64. The second-order valence-corrected chi connectivity index (χ2v) is 3.80. The fourth-order valence-corrected chi connectivity index (χ4v) is 1.44. The molecule has 1 aliphatic carbocycles. The van der Waals surface area contributed by atoms with Gasteiger partial charge in [-0.05, 0) is 26.2 Å². The van der Waals surface area contributed by atoms with E-state index in [0.717, 1.165) is 25.0 Å². The molecule has 76 valence electrons. The van der Waals surface area contributed by atoms with Crippen LogP contribution in [0.15, 0.2) is 10.6 Å². The zero-order chi connectivity index (χ0) is 10.2. The first-order chi connectivity index (χ1) is 6.60. The fraction of sp³-hybridized carbons (Fsp3) is 0.556. The van der Waals surface area contributed by atoms with Gasteiger partial charge in [0.05, 0.1) is 11.2 Å². The molecule has 3 N–H and O–H groups in total. The predicted molar refractivity (Wildman–Crippen MR) is 50.6 cm³/mol. The number of nitrogens with one attached hydrogen (secondary N) is 1. The Morgan fingerprint density at radius 1 is 1.71 bits per heavy atom. The quantitative estimate of drug-likeness (QED) is 0.731. The van der Waals surface area contributed by atoms with Crippen LogP contribution in [0.2, 0.25) is 0 Å². The van der Waals surface area contributed by atoms with Crippen LogP contribution in [0.25, 0.3) is 0 Å². The minimum atomic E-state index is -0.694. The highest BCUT2D eigenvalue weighted by atomic mass is 16.5. The number of nitrogens with two attached hydrogens (primary N) is 1. The van der Waals surface area contributed by atoms with Gasteiger partial charge in [-0.2, -0.15) is 0 Å². The van der Waals surface area contributed by atoms with E-state index < -0.39 is 5.54 Å². The Morgan fingerprint density at radius 2 is 2.43 bits per heavy atom. The molecular weight excluding hydrogens is 182 g/mol. The standard InChI is InChI=1S/C9H13N3O2/c1-6-5-7(14-12-6)11-8(13)9(10)3-2-4-9/h5H,2-4,10H2,1H3,(H,11,13). The molecule has 5 heteroatoms. The number of hydrogen-bond donors (Lipinski definition) is 2. The lowest BCUT2D eigenvalue weighted by Crippen LogP contribution is -2.56. The molecule has 0 aromatic carbocycles. The van der Waals surface area contributed by atoms with Crippen LogP contribution >= 0.6 is 0 Å². The minimum Gasteiger partial charge on any atom is -0.338 e. The van der Waals surface area contributed by atoms with Crippen LogP contribution < -0.4 is 11.1 Å². The van der Waals surface area contributed by atoms with Crippen molar-refractivity contribution in [1.82, 2.24) is 5.16 Å². The van der Waals surface area contributed by atoms with E-state index in [1.807, 2.05) is 0 Å². The number of aryl methyl sites for hydroxylation is 1. The highest BCUT2D eigenvalue weighted by molar-refractivity contribution is 5.97. The summed E-state index contributed by atoms with van der Waals surface area (Å²) in [6, 6.07) is 1.67. The Hall–Kier alpha value is -1.36. The van der Waals surface area contributed by atoms with Gasteiger partial charge in [0.2, 0.25) is 11.8 Å². The third kappa shape index (κ3) is 1.50. The van der Waals surface area contributed by atoms with Crippen LogP contribution in [0.3, 0.4) is 0 Å². The van der Waals surface area contributed by atoms with Gasteiger partial charge in [0.15, 0.2) is 0 Å². The fourth-order valence-electron chi connectivity index (χ4n) is 1.44. The normalized spacial score (nSPS) is 18.7. The SMILES string of the molecule is Cc1cc(NC(=O)C2(N)CCC2)on1. The summed E-state index contributed by atoms with van der Waals surface area (Å²) in [5, 5.41) is 6.28. The van der Waals surface area contributed by atoms with E-state index in [9.17, 15) is 4.79 Å². The number of carbonyl (C=O) groups excluding carboxylic acids is 1. The molecule has 14 heavy (non-hydrogen) atoms. The minimum absolute atomic E-state index is 0.181. The number of anilines is 1. The number of carbonyl (C=O) groups is 1. The van der Waals surface area contributed by atoms with Gasteiger partial charge < -0.3 is 10.3 Å². The summed E-state index contributed by atoms with van der Waals surface area (Å²) in [6.45, 7) is 1.79. The third-order valence-electron chi connectivity index (χ3n) is 2.56. The van der Waals surface area contributed by atoms with Crippen molar-refractivity contribution in [1.29, 1.82) is 0 Å². The molecule has 0 radical (unpaired) electrons. The second-order valence-electron chi connectivity index (χ2n) is 3.80. The summed E-state index contributed by atoms with van der Waals surface area (Å²) in [7, 11) is 0. The molecule has 1 fully saturated rings. The molecule has 1 amide bonds. The molecule has 0 aliphatic heterocycles. The lowest BCUT2D eigenvalue weighted by molar-refractivity contribution is -0.124. The Labute approximate surface area is 81.6 Å². The summed E-state index contributed by atoms with van der Waals surface area (Å²) in [5.41, 5.74) is 5.87. The smallest absolute Gasteiger partial charge is 0.246 e. The lowest BCUT2D eigenvalue weighted by Gasteiger charge is -2.35. The van der Waals surface area contributed by atoms with Crippen LogP contribution in [0, 0.1) is 6.92 Å². The average molecular weight is 195 g/mol. The Morgan fingerprint density at radius 3 is 2.86 bits per heavy atom. The Balaban J connectivity index is 2.01. The maximum atomic E-state index is 11.6. The molecule has 1 aliphatic rings. The van der Waals surface area contributed by atoms with Gasteiger partial charge in [-0.25, -0.2) is 0 Å². The number of hydrogen-bond acceptors (Lipinski definition) is 4. The maximum Gasteiger partial charge on any atom is 0.246 e. The summed E-state index contributed by atoms with van der Waals surface area (Å²) in [6.07, 6.45) is 2.50. The zero-order valence-corrected chi connectivity index (χ0v) is 8.04. The second kappa shape index (κ2) is 3.09. The van der Waals surface area contributed by atoms with Crippen molar-refractivity contribution >= 4 is 11.8 Å². The van der Waals surface area contributed by atoms with E-state index in [1.54, 1.807) is 13.0 Å². The van der Waals surface area contributed by atoms with Crippen molar-refractivity contribution < 1.29 is 9.32 Å². The van der Waals surface area contributed by atoms with Crippen molar-refractivity contribution in [2.75, 3.05) is 5.32 Å². The average Bonchev–Trinajstić information content (AvgIpc) is 2.47. The van der Waals surface area contributed by atoms with E-state index in [2.05, 4.69) is 10.5 Å². The molecule has 0 bridgehead atoms. The maximum absolute atomic E-state index is 11.6. The molecule has 0 unspecified atom stereocenters. The number of amides is 1. The van der Waals surface area contributed by atoms with E-state index >= 15 is 0 Å². The molecule has 0 saturated heterocycles. The van der Waals surface area contributed by atoms with Gasteiger partial charge in [-0.3, -0.25) is 10.1 Å². The van der Waals surface area contributed by atoms with Gasteiger partial charge in [0, 0.05) is 6.07 Å².